The van der Waals surface area contributed by atoms with Crippen LogP contribution in [0, 0.1) is 0 Å². The SMILES string of the molecule is C=C.C=C.N.N.N.N.[NaH]. The Hall–Kier alpha value is 0.320. The fraction of sp³-hybridized carbons (Fsp3) is 0. The molecule has 0 heterocycles. The van der Waals surface area contributed by atoms with Gasteiger partial charge in [0.25, 0.3) is 0 Å². The van der Waals surface area contributed by atoms with Gasteiger partial charge in [-0.1, -0.05) is 0 Å². The Labute approximate surface area is 80.4 Å². The van der Waals surface area contributed by atoms with Crippen LogP contribution >= 0.6 is 0 Å². The van der Waals surface area contributed by atoms with E-state index in [0.717, 1.165) is 0 Å². The van der Waals surface area contributed by atoms with Crippen LogP contribution in [-0.4, -0.2) is 29.6 Å². The summed E-state index contributed by atoms with van der Waals surface area (Å²) in [4.78, 5) is 0. The molecule has 4 nitrogen and oxygen atoms in total. The van der Waals surface area contributed by atoms with Crippen LogP contribution in [0.15, 0.2) is 26.3 Å². The van der Waals surface area contributed by atoms with Gasteiger partial charge in [0, 0.05) is 0 Å². The van der Waals surface area contributed by atoms with E-state index in [4.69, 9.17) is 0 Å². The molecule has 0 aliphatic carbocycles. The standard InChI is InChI=1S/2C2H4.4H3N.Na.H/c2*1-2;;;;;;/h2*1-2H2;4*1H3;;. The maximum absolute atomic E-state index is 3.00. The van der Waals surface area contributed by atoms with Crippen molar-refractivity contribution in [2.75, 3.05) is 0 Å². The molecule has 0 aliphatic heterocycles. The third kappa shape index (κ3) is 3250. The topological polar surface area (TPSA) is 140 Å². The molecule has 0 aromatic heterocycles. The van der Waals surface area contributed by atoms with Gasteiger partial charge in [0.2, 0.25) is 0 Å². The van der Waals surface area contributed by atoms with E-state index in [2.05, 4.69) is 26.3 Å². The van der Waals surface area contributed by atoms with Crippen molar-refractivity contribution in [3.63, 3.8) is 0 Å². The summed E-state index contributed by atoms with van der Waals surface area (Å²) in [7, 11) is 0. The molecule has 0 saturated carbocycles. The van der Waals surface area contributed by atoms with Gasteiger partial charge in [-0.3, -0.25) is 0 Å². The van der Waals surface area contributed by atoms with E-state index < -0.39 is 0 Å². The van der Waals surface area contributed by atoms with Crippen LogP contribution in [0.1, 0.15) is 0 Å². The summed E-state index contributed by atoms with van der Waals surface area (Å²) in [6.07, 6.45) is 0. The summed E-state index contributed by atoms with van der Waals surface area (Å²) in [5, 5.41) is 0. The molecule has 0 atom stereocenters. The number of rotatable bonds is 0. The van der Waals surface area contributed by atoms with Crippen molar-refractivity contribution in [3.8, 4) is 0 Å². The van der Waals surface area contributed by atoms with E-state index in [0.29, 0.717) is 0 Å². The fourth-order valence-electron chi connectivity index (χ4n) is 0. The van der Waals surface area contributed by atoms with Gasteiger partial charge in [-0.2, -0.15) is 0 Å². The van der Waals surface area contributed by atoms with E-state index in [1.54, 1.807) is 0 Å². The molecule has 12 N–H and O–H groups in total. The van der Waals surface area contributed by atoms with Crippen molar-refractivity contribution in [1.29, 1.82) is 0 Å². The van der Waals surface area contributed by atoms with Crippen molar-refractivity contribution in [2.45, 2.75) is 0 Å². The second kappa shape index (κ2) is 4350. The van der Waals surface area contributed by atoms with Crippen LogP contribution in [0.5, 0.6) is 0 Å². The Morgan fingerprint density at radius 2 is 0.444 bits per heavy atom. The Morgan fingerprint density at radius 1 is 0.444 bits per heavy atom. The summed E-state index contributed by atoms with van der Waals surface area (Å²) in [5.74, 6) is 0. The van der Waals surface area contributed by atoms with Crippen molar-refractivity contribution >= 4 is 29.6 Å². The normalized spacial score (nSPS) is 0.889. The molecule has 0 fully saturated rings. The molecule has 0 saturated heterocycles. The molecule has 5 heteroatoms. The van der Waals surface area contributed by atoms with Crippen LogP contribution in [0.2, 0.25) is 0 Å². The van der Waals surface area contributed by atoms with Crippen LogP contribution in [-0.2, 0) is 0 Å². The van der Waals surface area contributed by atoms with Gasteiger partial charge in [0.1, 0.15) is 0 Å². The summed E-state index contributed by atoms with van der Waals surface area (Å²) in [6, 6.07) is 0. The molecule has 0 rings (SSSR count). The van der Waals surface area contributed by atoms with E-state index >= 15 is 0 Å². The summed E-state index contributed by atoms with van der Waals surface area (Å²) in [5.41, 5.74) is 0. The second-order valence-electron chi connectivity index (χ2n) is 0. The molecule has 0 radical (unpaired) electrons. The van der Waals surface area contributed by atoms with Gasteiger partial charge in [-0.15, -0.1) is 26.3 Å². The van der Waals surface area contributed by atoms with Gasteiger partial charge in [0.05, 0.1) is 0 Å². The van der Waals surface area contributed by atoms with E-state index in [1.807, 2.05) is 0 Å². The number of hydrogen-bond acceptors (Lipinski definition) is 4. The zero-order chi connectivity index (χ0) is 4.00. The Bertz CT molecular complexity index is 14.5. The minimum atomic E-state index is 0. The molecule has 0 spiro atoms. The van der Waals surface area contributed by atoms with Gasteiger partial charge in [-0.05, 0) is 0 Å². The first-order valence-electron chi connectivity index (χ1n) is 1.000. The summed E-state index contributed by atoms with van der Waals surface area (Å²) < 4.78 is 0. The van der Waals surface area contributed by atoms with Gasteiger partial charge >= 0.3 is 29.6 Å². The summed E-state index contributed by atoms with van der Waals surface area (Å²) >= 11 is 0. The van der Waals surface area contributed by atoms with Crippen molar-refractivity contribution in [2.24, 2.45) is 0 Å². The first-order valence-corrected chi connectivity index (χ1v) is 1.000. The van der Waals surface area contributed by atoms with E-state index in [-0.39, 0.29) is 54.2 Å². The molecule has 0 unspecified atom stereocenters. The van der Waals surface area contributed by atoms with Gasteiger partial charge < -0.3 is 24.6 Å². The summed E-state index contributed by atoms with van der Waals surface area (Å²) in [6.45, 7) is 12.0. The molecule has 0 bridgehead atoms. The minimum absolute atomic E-state index is 0. The second-order valence-corrected chi connectivity index (χ2v) is 0. The van der Waals surface area contributed by atoms with Crippen LogP contribution < -0.4 is 24.6 Å². The first kappa shape index (κ1) is 120. The third-order valence-electron chi connectivity index (χ3n) is 0. The molecule has 0 aromatic carbocycles. The van der Waals surface area contributed by atoms with E-state index in [1.165, 1.54) is 0 Å². The van der Waals surface area contributed by atoms with Gasteiger partial charge in [-0.25, -0.2) is 0 Å². The monoisotopic (exact) mass is 148 g/mol. The average Bonchev–Trinajstić information content (AvgIpc) is 1.50. The Kier molecular flexibility index (Phi) is 58000. The van der Waals surface area contributed by atoms with Crippen molar-refractivity contribution in [3.05, 3.63) is 26.3 Å². The predicted octanol–water partition coefficient (Wildman–Crippen LogP) is 1.60. The molecular formula is C4H21N4Na. The van der Waals surface area contributed by atoms with Gasteiger partial charge in [0.15, 0.2) is 0 Å². The third-order valence-corrected chi connectivity index (χ3v) is 0. The zero-order valence-electron chi connectivity index (χ0n) is 5.66. The van der Waals surface area contributed by atoms with Crippen LogP contribution in [0.3, 0.4) is 0 Å². The van der Waals surface area contributed by atoms with Crippen molar-refractivity contribution in [1.82, 2.24) is 24.6 Å². The molecule has 0 aliphatic rings. The quantitative estimate of drug-likeness (QED) is 0.306. The van der Waals surface area contributed by atoms with Crippen molar-refractivity contribution < 1.29 is 0 Å². The van der Waals surface area contributed by atoms with Crippen LogP contribution in [0.4, 0.5) is 0 Å². The number of hydrogen-bond donors (Lipinski definition) is 4. The van der Waals surface area contributed by atoms with Crippen LogP contribution in [0.25, 0.3) is 0 Å². The first-order chi connectivity index (χ1) is 2.00. The van der Waals surface area contributed by atoms with E-state index in [9.17, 15) is 0 Å². The molecule has 0 aromatic rings. The molecular weight excluding hydrogens is 127 g/mol. The molecule has 9 heavy (non-hydrogen) atoms. The molecule has 58 valence electrons. The molecule has 0 amide bonds. The average molecular weight is 148 g/mol. The Morgan fingerprint density at radius 3 is 0.444 bits per heavy atom. The predicted molar refractivity (Wildman–Crippen MR) is 49.7 cm³/mol. The zero-order valence-corrected chi connectivity index (χ0v) is 5.66. The Balaban J connectivity index is -0.00000000114. The fourth-order valence-corrected chi connectivity index (χ4v) is 0. The maximum atomic E-state index is 3.00.